The van der Waals surface area contributed by atoms with Gasteiger partial charge in [0.15, 0.2) is 0 Å². The molecule has 1 aliphatic carbocycles. The van der Waals surface area contributed by atoms with E-state index in [-0.39, 0.29) is 24.0 Å². The van der Waals surface area contributed by atoms with Gasteiger partial charge in [-0.3, -0.25) is 9.59 Å². The lowest BCUT2D eigenvalue weighted by molar-refractivity contribution is -0.154. The minimum atomic E-state index is -0.826. The molecule has 6 heteroatoms. The first-order chi connectivity index (χ1) is 10.0. The number of aliphatic carboxylic acids is 1. The van der Waals surface area contributed by atoms with Crippen molar-refractivity contribution in [2.45, 2.75) is 25.0 Å². The van der Waals surface area contributed by atoms with Gasteiger partial charge >= 0.3 is 5.97 Å². The van der Waals surface area contributed by atoms with Crippen molar-refractivity contribution in [3.05, 3.63) is 35.6 Å². The van der Waals surface area contributed by atoms with Crippen LogP contribution in [-0.2, 0) is 15.3 Å². The average Bonchev–Trinajstić information content (AvgIpc) is 2.39. The molecule has 0 radical (unpaired) electrons. The number of benzene rings is 1. The van der Waals surface area contributed by atoms with Crippen LogP contribution in [0.3, 0.4) is 0 Å². The second kappa shape index (κ2) is 6.93. The smallest absolute Gasteiger partial charge is 0.311 e. The zero-order valence-electron chi connectivity index (χ0n) is 11.6. The molecule has 114 valence electrons. The number of amides is 1. The van der Waals surface area contributed by atoms with Crippen molar-refractivity contribution < 1.29 is 19.1 Å². The summed E-state index contributed by atoms with van der Waals surface area (Å²) in [6, 6.07) is 6.16. The summed E-state index contributed by atoms with van der Waals surface area (Å²) in [7, 11) is 0. The Hall–Kier alpha value is -1.56. The summed E-state index contributed by atoms with van der Waals surface area (Å²) in [5, 5.41) is 11.9. The summed E-state index contributed by atoms with van der Waals surface area (Å²) in [6.07, 6.45) is 2.16. The molecule has 0 unspecified atom stereocenters. The average molecular weight is 311 g/mol. The Kier molecular flexibility index (Phi) is 5.22. The predicted molar refractivity (Wildman–Crippen MR) is 79.5 cm³/mol. The van der Waals surface area contributed by atoms with Crippen molar-refractivity contribution in [2.75, 3.05) is 12.3 Å². The monoisotopic (exact) mass is 311 g/mol. The third-order valence-corrected chi connectivity index (χ3v) is 4.81. The molecule has 1 aromatic rings. The number of hydrogen-bond acceptors (Lipinski definition) is 3. The first kappa shape index (κ1) is 15.8. The highest BCUT2D eigenvalue weighted by molar-refractivity contribution is 7.99. The van der Waals surface area contributed by atoms with Gasteiger partial charge in [0.05, 0.1) is 11.2 Å². The standard InChI is InChI=1S/C15H18FNO3S/c16-12-4-2-11(3-5-12)8-21-9-13(18)17-10-15(14(19)20)6-1-7-15/h2-5H,1,6-10H2,(H,17,18)(H,19,20). The van der Waals surface area contributed by atoms with Crippen LogP contribution in [0.5, 0.6) is 0 Å². The molecule has 2 N–H and O–H groups in total. The lowest BCUT2D eigenvalue weighted by atomic mass is 9.69. The van der Waals surface area contributed by atoms with Gasteiger partial charge in [0, 0.05) is 12.3 Å². The summed E-state index contributed by atoms with van der Waals surface area (Å²) >= 11 is 1.42. The summed E-state index contributed by atoms with van der Waals surface area (Å²) in [4.78, 5) is 22.9. The summed E-state index contributed by atoms with van der Waals surface area (Å²) in [6.45, 7) is 0.207. The predicted octanol–water partition coefficient (Wildman–Crippen LogP) is 2.43. The van der Waals surface area contributed by atoms with Crippen molar-refractivity contribution in [3.63, 3.8) is 0 Å². The Morgan fingerprint density at radius 2 is 1.95 bits per heavy atom. The third-order valence-electron chi connectivity index (χ3n) is 3.80. The molecule has 0 atom stereocenters. The fourth-order valence-electron chi connectivity index (χ4n) is 2.23. The van der Waals surface area contributed by atoms with Crippen molar-refractivity contribution in [3.8, 4) is 0 Å². The van der Waals surface area contributed by atoms with Gasteiger partial charge in [-0.05, 0) is 30.5 Å². The summed E-state index contributed by atoms with van der Waals surface area (Å²) in [5.74, 6) is -0.367. The molecule has 1 amide bonds. The Morgan fingerprint density at radius 3 is 2.48 bits per heavy atom. The number of thioether (sulfide) groups is 1. The van der Waals surface area contributed by atoms with Crippen LogP contribution in [0.25, 0.3) is 0 Å². The Balaban J connectivity index is 1.68. The van der Waals surface area contributed by atoms with E-state index in [0.29, 0.717) is 18.6 Å². The molecule has 21 heavy (non-hydrogen) atoms. The van der Waals surface area contributed by atoms with E-state index in [9.17, 15) is 14.0 Å². The van der Waals surface area contributed by atoms with Crippen molar-refractivity contribution >= 4 is 23.6 Å². The second-order valence-electron chi connectivity index (χ2n) is 5.34. The highest BCUT2D eigenvalue weighted by Gasteiger charge is 2.44. The van der Waals surface area contributed by atoms with E-state index in [4.69, 9.17) is 5.11 Å². The van der Waals surface area contributed by atoms with Crippen LogP contribution < -0.4 is 5.32 Å². The normalized spacial score (nSPS) is 16.0. The van der Waals surface area contributed by atoms with Crippen LogP contribution in [0.15, 0.2) is 24.3 Å². The quantitative estimate of drug-likeness (QED) is 0.811. The van der Waals surface area contributed by atoms with Crippen LogP contribution in [-0.4, -0.2) is 29.3 Å². The molecule has 0 bridgehead atoms. The summed E-state index contributed by atoms with van der Waals surface area (Å²) in [5.41, 5.74) is 0.201. The molecule has 0 heterocycles. The SMILES string of the molecule is O=C(CSCc1ccc(F)cc1)NCC1(C(=O)O)CCC1. The van der Waals surface area contributed by atoms with E-state index >= 15 is 0 Å². The van der Waals surface area contributed by atoms with Crippen molar-refractivity contribution in [1.82, 2.24) is 5.32 Å². The lowest BCUT2D eigenvalue weighted by Crippen LogP contribution is -2.47. The minimum Gasteiger partial charge on any atom is -0.481 e. The number of hydrogen-bond donors (Lipinski definition) is 2. The van der Waals surface area contributed by atoms with E-state index in [0.717, 1.165) is 12.0 Å². The van der Waals surface area contributed by atoms with Gasteiger partial charge in [-0.2, -0.15) is 0 Å². The van der Waals surface area contributed by atoms with E-state index in [1.807, 2.05) is 0 Å². The largest absolute Gasteiger partial charge is 0.481 e. The minimum absolute atomic E-state index is 0.158. The van der Waals surface area contributed by atoms with Gasteiger partial charge in [0.1, 0.15) is 5.82 Å². The zero-order chi connectivity index (χ0) is 15.3. The summed E-state index contributed by atoms with van der Waals surface area (Å²) < 4.78 is 12.7. The van der Waals surface area contributed by atoms with E-state index in [2.05, 4.69) is 5.32 Å². The topological polar surface area (TPSA) is 66.4 Å². The van der Waals surface area contributed by atoms with Crippen LogP contribution in [0.1, 0.15) is 24.8 Å². The molecular weight excluding hydrogens is 293 g/mol. The molecule has 1 saturated carbocycles. The van der Waals surface area contributed by atoms with Gasteiger partial charge in [-0.1, -0.05) is 18.6 Å². The fourth-order valence-corrected chi connectivity index (χ4v) is 3.05. The molecule has 4 nitrogen and oxygen atoms in total. The molecule has 1 fully saturated rings. The first-order valence-corrected chi connectivity index (χ1v) is 8.00. The maximum absolute atomic E-state index is 12.7. The highest BCUT2D eigenvalue weighted by Crippen LogP contribution is 2.40. The van der Waals surface area contributed by atoms with Crippen molar-refractivity contribution in [2.24, 2.45) is 5.41 Å². The van der Waals surface area contributed by atoms with Gasteiger partial charge in [-0.15, -0.1) is 11.8 Å². The molecule has 0 spiro atoms. The first-order valence-electron chi connectivity index (χ1n) is 6.84. The van der Waals surface area contributed by atoms with E-state index < -0.39 is 11.4 Å². The maximum atomic E-state index is 12.7. The Morgan fingerprint density at radius 1 is 1.29 bits per heavy atom. The number of carbonyl (C=O) groups is 2. The van der Waals surface area contributed by atoms with Gasteiger partial charge in [0.2, 0.25) is 5.91 Å². The molecule has 0 aromatic heterocycles. The fraction of sp³-hybridized carbons (Fsp3) is 0.467. The van der Waals surface area contributed by atoms with Gasteiger partial charge < -0.3 is 10.4 Å². The number of carboxylic acid groups (broad SMARTS) is 1. The van der Waals surface area contributed by atoms with Gasteiger partial charge in [-0.25, -0.2) is 4.39 Å². The van der Waals surface area contributed by atoms with E-state index in [1.54, 1.807) is 12.1 Å². The Bertz CT molecular complexity index is 514. The maximum Gasteiger partial charge on any atom is 0.311 e. The van der Waals surface area contributed by atoms with Crippen LogP contribution in [0.4, 0.5) is 4.39 Å². The molecule has 1 aromatic carbocycles. The van der Waals surface area contributed by atoms with Crippen molar-refractivity contribution in [1.29, 1.82) is 0 Å². The van der Waals surface area contributed by atoms with Gasteiger partial charge in [0.25, 0.3) is 0 Å². The number of nitrogens with one attached hydrogen (secondary N) is 1. The molecule has 0 saturated heterocycles. The highest BCUT2D eigenvalue weighted by atomic mass is 32.2. The zero-order valence-corrected chi connectivity index (χ0v) is 12.4. The van der Waals surface area contributed by atoms with Crippen LogP contribution in [0, 0.1) is 11.2 Å². The number of halogens is 1. The molecular formula is C15H18FNO3S. The number of rotatable bonds is 7. The lowest BCUT2D eigenvalue weighted by Gasteiger charge is -2.37. The molecule has 0 aliphatic heterocycles. The van der Waals surface area contributed by atoms with E-state index in [1.165, 1.54) is 23.9 Å². The third kappa shape index (κ3) is 4.20. The number of carbonyl (C=O) groups excluding carboxylic acids is 1. The van der Waals surface area contributed by atoms with Crippen LogP contribution in [0.2, 0.25) is 0 Å². The number of carboxylic acids is 1. The second-order valence-corrected chi connectivity index (χ2v) is 6.32. The Labute approximate surface area is 127 Å². The molecule has 2 rings (SSSR count). The van der Waals surface area contributed by atoms with Crippen LogP contribution >= 0.6 is 11.8 Å². The molecule has 1 aliphatic rings.